The predicted molar refractivity (Wildman–Crippen MR) is 93.8 cm³/mol. The molecule has 0 aliphatic rings. The Morgan fingerprint density at radius 2 is 1.83 bits per heavy atom. The first-order chi connectivity index (χ1) is 11.2. The molecule has 0 fully saturated rings. The summed E-state index contributed by atoms with van der Waals surface area (Å²) in [7, 11) is 1.64. The van der Waals surface area contributed by atoms with Crippen LogP contribution in [0, 0.1) is 0 Å². The third kappa shape index (κ3) is 5.40. The molecule has 0 aliphatic carbocycles. The van der Waals surface area contributed by atoms with Crippen LogP contribution < -0.4 is 19.5 Å². The number of para-hydroxylation sites is 2. The average molecular weight is 315 g/mol. The lowest BCUT2D eigenvalue weighted by Crippen LogP contribution is -2.12. The van der Waals surface area contributed by atoms with Gasteiger partial charge in [0.05, 0.1) is 13.2 Å². The highest BCUT2D eigenvalue weighted by Crippen LogP contribution is 2.25. The number of nitrogens with one attached hydrogen (secondary N) is 1. The highest BCUT2D eigenvalue weighted by atomic mass is 16.5. The Morgan fingerprint density at radius 1 is 1.04 bits per heavy atom. The predicted octanol–water partition coefficient (Wildman–Crippen LogP) is 4.36. The molecule has 0 aliphatic heterocycles. The van der Waals surface area contributed by atoms with Crippen molar-refractivity contribution in [2.45, 2.75) is 26.4 Å². The molecule has 124 valence electrons. The minimum atomic E-state index is 0.221. The van der Waals surface area contributed by atoms with Gasteiger partial charge in [0.1, 0.15) is 12.4 Å². The van der Waals surface area contributed by atoms with Crippen LogP contribution in [0.2, 0.25) is 0 Å². The highest BCUT2D eigenvalue weighted by molar-refractivity contribution is 5.48. The number of hydrogen-bond acceptors (Lipinski definition) is 4. The number of anilines is 1. The van der Waals surface area contributed by atoms with E-state index in [1.54, 1.807) is 7.11 Å². The number of hydrogen-bond donors (Lipinski definition) is 1. The molecule has 1 unspecified atom stereocenters. The summed E-state index contributed by atoms with van der Waals surface area (Å²) in [6, 6.07) is 15.6. The number of ether oxygens (including phenoxy) is 3. The van der Waals surface area contributed by atoms with Crippen LogP contribution in [0.25, 0.3) is 0 Å². The van der Waals surface area contributed by atoms with Gasteiger partial charge in [-0.3, -0.25) is 0 Å². The van der Waals surface area contributed by atoms with Crippen molar-refractivity contribution in [2.24, 2.45) is 0 Å². The smallest absolute Gasteiger partial charge is 0.161 e. The van der Waals surface area contributed by atoms with Crippen LogP contribution in [0.1, 0.15) is 20.3 Å². The summed E-state index contributed by atoms with van der Waals surface area (Å²) in [6.45, 7) is 5.44. The van der Waals surface area contributed by atoms with Crippen molar-refractivity contribution in [1.29, 1.82) is 0 Å². The maximum Gasteiger partial charge on any atom is 0.161 e. The fourth-order valence-electron chi connectivity index (χ4n) is 2.09. The first-order valence-corrected chi connectivity index (χ1v) is 7.99. The van der Waals surface area contributed by atoms with Crippen molar-refractivity contribution in [2.75, 3.05) is 25.6 Å². The highest BCUT2D eigenvalue weighted by Gasteiger charge is 2.03. The summed E-state index contributed by atoms with van der Waals surface area (Å²) in [5.74, 6) is 2.39. The third-order valence-corrected chi connectivity index (χ3v) is 3.50. The zero-order valence-electron chi connectivity index (χ0n) is 14.0. The van der Waals surface area contributed by atoms with Gasteiger partial charge < -0.3 is 19.5 Å². The van der Waals surface area contributed by atoms with Crippen molar-refractivity contribution >= 4 is 5.69 Å². The molecule has 0 bridgehead atoms. The average Bonchev–Trinajstić information content (AvgIpc) is 2.59. The van der Waals surface area contributed by atoms with Gasteiger partial charge in [0.15, 0.2) is 11.5 Å². The molecule has 0 spiro atoms. The maximum atomic E-state index is 5.82. The van der Waals surface area contributed by atoms with Gasteiger partial charge >= 0.3 is 0 Å². The molecule has 2 aromatic carbocycles. The van der Waals surface area contributed by atoms with Gasteiger partial charge in [-0.25, -0.2) is 0 Å². The van der Waals surface area contributed by atoms with E-state index in [1.807, 2.05) is 48.5 Å². The molecule has 0 saturated heterocycles. The zero-order chi connectivity index (χ0) is 16.5. The van der Waals surface area contributed by atoms with E-state index < -0.39 is 0 Å². The van der Waals surface area contributed by atoms with Gasteiger partial charge in [-0.05, 0) is 37.6 Å². The van der Waals surface area contributed by atoms with Gasteiger partial charge in [0, 0.05) is 18.3 Å². The monoisotopic (exact) mass is 315 g/mol. The van der Waals surface area contributed by atoms with E-state index in [4.69, 9.17) is 14.2 Å². The molecule has 4 nitrogen and oxygen atoms in total. The van der Waals surface area contributed by atoms with Crippen molar-refractivity contribution in [3.63, 3.8) is 0 Å². The normalized spacial score (nSPS) is 11.6. The Bertz CT molecular complexity index is 601. The second-order valence-corrected chi connectivity index (χ2v) is 5.29. The topological polar surface area (TPSA) is 39.7 Å². The molecule has 0 heterocycles. The lowest BCUT2D eigenvalue weighted by Gasteiger charge is -2.14. The Labute approximate surface area is 138 Å². The fourth-order valence-corrected chi connectivity index (χ4v) is 2.09. The first kappa shape index (κ1) is 17.0. The number of benzene rings is 2. The van der Waals surface area contributed by atoms with Gasteiger partial charge in [0.2, 0.25) is 0 Å². The molecule has 0 amide bonds. The van der Waals surface area contributed by atoms with Crippen LogP contribution in [0.15, 0.2) is 48.5 Å². The lowest BCUT2D eigenvalue weighted by atomic mass is 10.2. The van der Waals surface area contributed by atoms with Crippen molar-refractivity contribution in [3.05, 3.63) is 48.5 Å². The van der Waals surface area contributed by atoms with Crippen LogP contribution in [-0.2, 0) is 0 Å². The Morgan fingerprint density at radius 3 is 2.57 bits per heavy atom. The zero-order valence-corrected chi connectivity index (χ0v) is 14.0. The van der Waals surface area contributed by atoms with Crippen LogP contribution in [0.5, 0.6) is 17.2 Å². The summed E-state index contributed by atoms with van der Waals surface area (Å²) >= 11 is 0. The largest absolute Gasteiger partial charge is 0.493 e. The Kier molecular flexibility index (Phi) is 6.60. The van der Waals surface area contributed by atoms with Crippen LogP contribution in [0.4, 0.5) is 5.69 Å². The molecule has 23 heavy (non-hydrogen) atoms. The molecule has 2 rings (SSSR count). The summed E-state index contributed by atoms with van der Waals surface area (Å²) in [4.78, 5) is 0. The molecule has 2 aromatic rings. The fraction of sp³-hybridized carbons (Fsp3) is 0.368. The molecular weight excluding hydrogens is 290 g/mol. The number of methoxy groups -OCH3 is 1. The minimum Gasteiger partial charge on any atom is -0.493 e. The van der Waals surface area contributed by atoms with Crippen molar-refractivity contribution in [1.82, 2.24) is 0 Å². The third-order valence-electron chi connectivity index (χ3n) is 3.50. The summed E-state index contributed by atoms with van der Waals surface area (Å²) in [5, 5.41) is 3.34. The van der Waals surface area contributed by atoms with E-state index >= 15 is 0 Å². The van der Waals surface area contributed by atoms with E-state index in [0.717, 1.165) is 29.4 Å². The SMILES string of the molecule is CCC(C)Oc1cccc(NCCOc2ccccc2OC)c1. The molecule has 0 radical (unpaired) electrons. The van der Waals surface area contributed by atoms with Gasteiger partial charge in [-0.1, -0.05) is 25.1 Å². The molecule has 0 aromatic heterocycles. The van der Waals surface area contributed by atoms with Gasteiger partial charge in [-0.2, -0.15) is 0 Å². The Hall–Kier alpha value is -2.36. The van der Waals surface area contributed by atoms with Crippen LogP contribution >= 0.6 is 0 Å². The van der Waals surface area contributed by atoms with Gasteiger partial charge in [-0.15, -0.1) is 0 Å². The van der Waals surface area contributed by atoms with Crippen LogP contribution in [-0.4, -0.2) is 26.4 Å². The van der Waals surface area contributed by atoms with E-state index in [1.165, 1.54) is 0 Å². The molecule has 1 atom stereocenters. The molecule has 0 saturated carbocycles. The second-order valence-electron chi connectivity index (χ2n) is 5.29. The Balaban J connectivity index is 1.81. The second kappa shape index (κ2) is 8.93. The molecular formula is C19H25NO3. The van der Waals surface area contributed by atoms with E-state index in [-0.39, 0.29) is 6.10 Å². The molecule has 1 N–H and O–H groups in total. The quantitative estimate of drug-likeness (QED) is 0.698. The van der Waals surface area contributed by atoms with Crippen molar-refractivity contribution in [3.8, 4) is 17.2 Å². The van der Waals surface area contributed by atoms with Crippen LogP contribution in [0.3, 0.4) is 0 Å². The summed E-state index contributed by atoms with van der Waals surface area (Å²) in [6.07, 6.45) is 1.21. The summed E-state index contributed by atoms with van der Waals surface area (Å²) in [5.41, 5.74) is 1.02. The summed E-state index contributed by atoms with van der Waals surface area (Å²) < 4.78 is 16.8. The maximum absolute atomic E-state index is 5.82. The first-order valence-electron chi connectivity index (χ1n) is 7.99. The minimum absolute atomic E-state index is 0.221. The van der Waals surface area contributed by atoms with E-state index in [2.05, 4.69) is 19.2 Å². The van der Waals surface area contributed by atoms with Gasteiger partial charge in [0.25, 0.3) is 0 Å². The number of rotatable bonds is 9. The lowest BCUT2D eigenvalue weighted by molar-refractivity contribution is 0.217. The van der Waals surface area contributed by atoms with E-state index in [0.29, 0.717) is 13.2 Å². The molecule has 4 heteroatoms. The standard InChI is InChI=1S/C19H25NO3/c1-4-15(2)23-17-9-7-8-16(14-17)20-12-13-22-19-11-6-5-10-18(19)21-3/h5-11,14-15,20H,4,12-13H2,1-3H3. The van der Waals surface area contributed by atoms with Crippen molar-refractivity contribution < 1.29 is 14.2 Å². The van der Waals surface area contributed by atoms with E-state index in [9.17, 15) is 0 Å².